The van der Waals surface area contributed by atoms with Crippen molar-refractivity contribution in [1.82, 2.24) is 5.32 Å². The summed E-state index contributed by atoms with van der Waals surface area (Å²) >= 11 is 0. The maximum atomic E-state index is 12.0. The predicted molar refractivity (Wildman–Crippen MR) is 102 cm³/mol. The molecule has 0 radical (unpaired) electrons. The van der Waals surface area contributed by atoms with Gasteiger partial charge in [0.15, 0.2) is 6.61 Å². The van der Waals surface area contributed by atoms with Crippen molar-refractivity contribution < 1.29 is 14.3 Å². The van der Waals surface area contributed by atoms with Crippen LogP contribution in [0.1, 0.15) is 5.56 Å². The number of nitrogens with one attached hydrogen (secondary N) is 1. The minimum Gasteiger partial charge on any atom is -0.497 e. The lowest BCUT2D eigenvalue weighted by Crippen LogP contribution is -2.28. The molecule has 4 nitrogen and oxygen atoms in total. The van der Waals surface area contributed by atoms with Gasteiger partial charge >= 0.3 is 0 Å². The van der Waals surface area contributed by atoms with Gasteiger partial charge in [-0.15, -0.1) is 0 Å². The molecule has 1 N–H and O–H groups in total. The van der Waals surface area contributed by atoms with Crippen LogP contribution in [-0.2, 0) is 11.3 Å². The topological polar surface area (TPSA) is 47.6 Å². The first kappa shape index (κ1) is 17.5. The smallest absolute Gasteiger partial charge is 0.258 e. The second-order valence-corrected chi connectivity index (χ2v) is 5.81. The summed E-state index contributed by atoms with van der Waals surface area (Å²) in [5.41, 5.74) is 3.24. The largest absolute Gasteiger partial charge is 0.497 e. The number of carbonyl (C=O) groups is 1. The first-order chi connectivity index (χ1) is 12.7. The molecule has 0 saturated carbocycles. The number of ether oxygens (including phenoxy) is 2. The van der Waals surface area contributed by atoms with Crippen molar-refractivity contribution in [3.05, 3.63) is 84.4 Å². The molecule has 0 aliphatic heterocycles. The number of benzene rings is 3. The quantitative estimate of drug-likeness (QED) is 0.701. The van der Waals surface area contributed by atoms with E-state index in [9.17, 15) is 4.79 Å². The SMILES string of the molecule is COc1cccc(CNC(=O)COc2ccc(-c3ccccc3)cc2)c1. The highest BCUT2D eigenvalue weighted by Gasteiger charge is 2.04. The van der Waals surface area contributed by atoms with E-state index in [1.807, 2.05) is 66.7 Å². The van der Waals surface area contributed by atoms with Crippen molar-refractivity contribution in [3.63, 3.8) is 0 Å². The Kier molecular flexibility index (Phi) is 5.88. The Morgan fingerprint density at radius 2 is 1.58 bits per heavy atom. The summed E-state index contributed by atoms with van der Waals surface area (Å²) in [4.78, 5) is 12.0. The second-order valence-electron chi connectivity index (χ2n) is 5.81. The molecule has 0 bridgehead atoms. The Hall–Kier alpha value is -3.27. The van der Waals surface area contributed by atoms with Crippen LogP contribution in [0.5, 0.6) is 11.5 Å². The van der Waals surface area contributed by atoms with E-state index in [1.165, 1.54) is 0 Å². The molecule has 132 valence electrons. The Balaban J connectivity index is 1.48. The van der Waals surface area contributed by atoms with Crippen LogP contribution in [0.4, 0.5) is 0 Å². The molecule has 0 saturated heterocycles. The number of hydrogen-bond acceptors (Lipinski definition) is 3. The number of amides is 1. The average Bonchev–Trinajstić information content (AvgIpc) is 2.72. The third kappa shape index (κ3) is 4.86. The van der Waals surface area contributed by atoms with Crippen LogP contribution in [0.3, 0.4) is 0 Å². The minimum atomic E-state index is -0.167. The molecule has 0 spiro atoms. The molecule has 0 aliphatic carbocycles. The summed E-state index contributed by atoms with van der Waals surface area (Å²) in [6.45, 7) is 0.418. The van der Waals surface area contributed by atoms with E-state index in [1.54, 1.807) is 7.11 Å². The first-order valence-corrected chi connectivity index (χ1v) is 8.42. The van der Waals surface area contributed by atoms with Gasteiger partial charge in [0.25, 0.3) is 5.91 Å². The first-order valence-electron chi connectivity index (χ1n) is 8.42. The second kappa shape index (κ2) is 8.72. The molecule has 0 aliphatic rings. The van der Waals surface area contributed by atoms with E-state index in [2.05, 4.69) is 17.4 Å². The van der Waals surface area contributed by atoms with Gasteiger partial charge in [0, 0.05) is 6.54 Å². The lowest BCUT2D eigenvalue weighted by molar-refractivity contribution is -0.123. The number of rotatable bonds is 7. The summed E-state index contributed by atoms with van der Waals surface area (Å²) in [5.74, 6) is 1.27. The van der Waals surface area contributed by atoms with Crippen LogP contribution in [-0.4, -0.2) is 19.6 Å². The van der Waals surface area contributed by atoms with Gasteiger partial charge in [-0.3, -0.25) is 4.79 Å². The lowest BCUT2D eigenvalue weighted by Gasteiger charge is -2.09. The highest BCUT2D eigenvalue weighted by molar-refractivity contribution is 5.77. The normalized spacial score (nSPS) is 10.2. The molecule has 0 atom stereocenters. The fraction of sp³-hybridized carbons (Fsp3) is 0.136. The summed E-state index contributed by atoms with van der Waals surface area (Å²) in [5, 5.41) is 2.84. The van der Waals surface area contributed by atoms with Gasteiger partial charge in [-0.2, -0.15) is 0 Å². The molecule has 3 aromatic carbocycles. The monoisotopic (exact) mass is 347 g/mol. The molecule has 0 unspecified atom stereocenters. The average molecular weight is 347 g/mol. The van der Waals surface area contributed by atoms with Crippen molar-refractivity contribution in [2.75, 3.05) is 13.7 Å². The van der Waals surface area contributed by atoms with E-state index in [0.29, 0.717) is 12.3 Å². The molecule has 0 aromatic heterocycles. The van der Waals surface area contributed by atoms with Crippen LogP contribution in [0.25, 0.3) is 11.1 Å². The summed E-state index contributed by atoms with van der Waals surface area (Å²) in [7, 11) is 1.62. The molecule has 26 heavy (non-hydrogen) atoms. The van der Waals surface area contributed by atoms with Crippen LogP contribution < -0.4 is 14.8 Å². The fourth-order valence-corrected chi connectivity index (χ4v) is 2.56. The van der Waals surface area contributed by atoms with Crippen LogP contribution >= 0.6 is 0 Å². The van der Waals surface area contributed by atoms with Crippen LogP contribution in [0, 0.1) is 0 Å². The highest BCUT2D eigenvalue weighted by atomic mass is 16.5. The minimum absolute atomic E-state index is 0.0192. The van der Waals surface area contributed by atoms with E-state index in [0.717, 1.165) is 22.4 Å². The van der Waals surface area contributed by atoms with Crippen molar-refractivity contribution in [2.24, 2.45) is 0 Å². The fourth-order valence-electron chi connectivity index (χ4n) is 2.56. The molecule has 0 heterocycles. The van der Waals surface area contributed by atoms with Crippen LogP contribution in [0.15, 0.2) is 78.9 Å². The van der Waals surface area contributed by atoms with Gasteiger partial charge in [-0.1, -0.05) is 54.6 Å². The van der Waals surface area contributed by atoms with Gasteiger partial charge in [-0.05, 0) is 41.0 Å². The van der Waals surface area contributed by atoms with E-state index < -0.39 is 0 Å². The predicted octanol–water partition coefficient (Wildman–Crippen LogP) is 4.06. The Morgan fingerprint density at radius 3 is 2.31 bits per heavy atom. The maximum Gasteiger partial charge on any atom is 0.258 e. The van der Waals surface area contributed by atoms with E-state index in [4.69, 9.17) is 9.47 Å². The molecule has 3 aromatic rings. The highest BCUT2D eigenvalue weighted by Crippen LogP contribution is 2.22. The third-order valence-electron chi connectivity index (χ3n) is 3.96. The van der Waals surface area contributed by atoms with Gasteiger partial charge in [0.2, 0.25) is 0 Å². The third-order valence-corrected chi connectivity index (χ3v) is 3.96. The van der Waals surface area contributed by atoms with E-state index >= 15 is 0 Å². The molecular weight excluding hydrogens is 326 g/mol. The number of hydrogen-bond donors (Lipinski definition) is 1. The molecular formula is C22H21NO3. The number of carbonyl (C=O) groups excluding carboxylic acids is 1. The van der Waals surface area contributed by atoms with Gasteiger partial charge in [0.05, 0.1) is 7.11 Å². The Morgan fingerprint density at radius 1 is 0.846 bits per heavy atom. The Labute approximate surface area is 153 Å². The standard InChI is InChI=1S/C22H21NO3/c1-25-21-9-5-6-17(14-21)15-23-22(24)16-26-20-12-10-19(11-13-20)18-7-3-2-4-8-18/h2-14H,15-16H2,1H3,(H,23,24). The molecule has 0 fully saturated rings. The van der Waals surface area contributed by atoms with Crippen LogP contribution in [0.2, 0.25) is 0 Å². The molecule has 1 amide bonds. The Bertz CT molecular complexity index is 845. The van der Waals surface area contributed by atoms with Crippen molar-refractivity contribution in [3.8, 4) is 22.6 Å². The summed E-state index contributed by atoms with van der Waals surface area (Å²) < 4.78 is 10.7. The lowest BCUT2D eigenvalue weighted by atomic mass is 10.1. The molecule has 4 heteroatoms. The summed E-state index contributed by atoms with van der Waals surface area (Å²) in [6, 6.07) is 25.4. The van der Waals surface area contributed by atoms with Gasteiger partial charge in [-0.25, -0.2) is 0 Å². The maximum absolute atomic E-state index is 12.0. The van der Waals surface area contributed by atoms with Crippen molar-refractivity contribution in [1.29, 1.82) is 0 Å². The van der Waals surface area contributed by atoms with Crippen molar-refractivity contribution >= 4 is 5.91 Å². The number of methoxy groups -OCH3 is 1. The van der Waals surface area contributed by atoms with Gasteiger partial charge in [0.1, 0.15) is 11.5 Å². The van der Waals surface area contributed by atoms with Crippen molar-refractivity contribution in [2.45, 2.75) is 6.54 Å². The van der Waals surface area contributed by atoms with E-state index in [-0.39, 0.29) is 12.5 Å². The zero-order chi connectivity index (χ0) is 18.2. The zero-order valence-corrected chi connectivity index (χ0v) is 14.6. The van der Waals surface area contributed by atoms with Gasteiger partial charge < -0.3 is 14.8 Å². The summed E-state index contributed by atoms with van der Waals surface area (Å²) in [6.07, 6.45) is 0. The molecule has 3 rings (SSSR count). The zero-order valence-electron chi connectivity index (χ0n) is 14.6.